The molecule has 0 spiro atoms. The van der Waals surface area contributed by atoms with Crippen molar-refractivity contribution in [3.05, 3.63) is 60.6 Å². The third-order valence-corrected chi connectivity index (χ3v) is 4.85. The van der Waals surface area contributed by atoms with Crippen LogP contribution >= 0.6 is 0 Å². The molecular formula is C22H20N8O. The van der Waals surface area contributed by atoms with Crippen LogP contribution in [0.3, 0.4) is 0 Å². The maximum absolute atomic E-state index is 12.4. The van der Waals surface area contributed by atoms with E-state index in [0.29, 0.717) is 22.7 Å². The van der Waals surface area contributed by atoms with E-state index in [1.807, 2.05) is 37.3 Å². The van der Waals surface area contributed by atoms with Gasteiger partial charge in [0, 0.05) is 17.1 Å². The van der Waals surface area contributed by atoms with Crippen LogP contribution in [0.1, 0.15) is 18.5 Å². The van der Waals surface area contributed by atoms with Gasteiger partial charge in [-0.15, -0.1) is 0 Å². The summed E-state index contributed by atoms with van der Waals surface area (Å²) in [5.41, 5.74) is 9.45. The summed E-state index contributed by atoms with van der Waals surface area (Å²) in [6.45, 7) is 3.72. The summed E-state index contributed by atoms with van der Waals surface area (Å²) in [4.78, 5) is 21.1. The van der Waals surface area contributed by atoms with Crippen LogP contribution < -0.4 is 16.4 Å². The topological polar surface area (TPSA) is 135 Å². The number of benzene rings is 1. The lowest BCUT2D eigenvalue weighted by molar-refractivity contribution is 0.262. The van der Waals surface area contributed by atoms with E-state index in [1.54, 1.807) is 25.4 Å². The predicted octanol–water partition coefficient (Wildman–Crippen LogP) is 4.11. The average Bonchev–Trinajstić information content (AvgIpc) is 3.21. The SMILES string of the molecule is Cc1ccccc1-c1cc2cc(NC(=O)Nc3cnn([C@@H](C)C#N)c3)ncc2c(N)n1. The Balaban J connectivity index is 1.57. The van der Waals surface area contributed by atoms with Crippen molar-refractivity contribution in [2.24, 2.45) is 0 Å². The molecule has 1 aromatic carbocycles. The number of hydrogen-bond acceptors (Lipinski definition) is 6. The van der Waals surface area contributed by atoms with Gasteiger partial charge in [0.2, 0.25) is 0 Å². The number of carbonyl (C=O) groups is 1. The van der Waals surface area contributed by atoms with E-state index in [0.717, 1.165) is 22.2 Å². The molecule has 0 unspecified atom stereocenters. The normalized spacial score (nSPS) is 11.6. The Bertz CT molecular complexity index is 1320. The van der Waals surface area contributed by atoms with Gasteiger partial charge in [0.1, 0.15) is 17.7 Å². The summed E-state index contributed by atoms with van der Waals surface area (Å²) in [5, 5.41) is 19.9. The van der Waals surface area contributed by atoms with Crippen molar-refractivity contribution in [3.63, 3.8) is 0 Å². The van der Waals surface area contributed by atoms with Crippen LogP contribution in [0, 0.1) is 18.3 Å². The lowest BCUT2D eigenvalue weighted by Gasteiger charge is -2.10. The van der Waals surface area contributed by atoms with E-state index in [-0.39, 0.29) is 0 Å². The Morgan fingerprint density at radius 3 is 2.81 bits per heavy atom. The van der Waals surface area contributed by atoms with E-state index in [2.05, 4.69) is 31.8 Å². The second-order valence-corrected chi connectivity index (χ2v) is 7.09. The van der Waals surface area contributed by atoms with E-state index < -0.39 is 12.1 Å². The molecule has 2 amide bonds. The molecule has 0 radical (unpaired) electrons. The number of nitrogen functional groups attached to an aromatic ring is 1. The zero-order valence-electron chi connectivity index (χ0n) is 17.0. The molecule has 0 fully saturated rings. The molecule has 3 heterocycles. The molecule has 0 saturated heterocycles. The van der Waals surface area contributed by atoms with Crippen LogP contribution in [-0.4, -0.2) is 25.8 Å². The van der Waals surface area contributed by atoms with E-state index in [1.165, 1.54) is 10.9 Å². The summed E-state index contributed by atoms with van der Waals surface area (Å²) >= 11 is 0. The van der Waals surface area contributed by atoms with Crippen LogP contribution in [-0.2, 0) is 0 Å². The molecule has 1 atom stereocenters. The van der Waals surface area contributed by atoms with Gasteiger partial charge in [-0.05, 0) is 36.9 Å². The van der Waals surface area contributed by atoms with Crippen LogP contribution in [0.2, 0.25) is 0 Å². The number of aromatic nitrogens is 4. The predicted molar refractivity (Wildman–Crippen MR) is 119 cm³/mol. The van der Waals surface area contributed by atoms with Crippen molar-refractivity contribution >= 4 is 34.1 Å². The largest absolute Gasteiger partial charge is 0.383 e. The van der Waals surface area contributed by atoms with Gasteiger partial charge in [-0.1, -0.05) is 24.3 Å². The molecule has 4 aromatic rings. The zero-order valence-corrected chi connectivity index (χ0v) is 17.0. The third kappa shape index (κ3) is 4.13. The molecule has 0 aliphatic carbocycles. The molecule has 31 heavy (non-hydrogen) atoms. The molecule has 0 aliphatic rings. The fourth-order valence-corrected chi connectivity index (χ4v) is 3.19. The molecule has 3 aromatic heterocycles. The molecule has 0 bridgehead atoms. The van der Waals surface area contributed by atoms with Gasteiger partial charge in [0.25, 0.3) is 0 Å². The number of rotatable bonds is 4. The number of nitrogens with two attached hydrogens (primary N) is 1. The molecule has 9 heteroatoms. The van der Waals surface area contributed by atoms with E-state index in [9.17, 15) is 4.79 Å². The lowest BCUT2D eigenvalue weighted by Crippen LogP contribution is -2.19. The summed E-state index contributed by atoms with van der Waals surface area (Å²) < 4.78 is 1.47. The van der Waals surface area contributed by atoms with Crippen molar-refractivity contribution in [1.29, 1.82) is 5.26 Å². The number of pyridine rings is 2. The number of hydrogen-bond donors (Lipinski definition) is 3. The minimum atomic E-state index is -0.475. The lowest BCUT2D eigenvalue weighted by atomic mass is 10.0. The summed E-state index contributed by atoms with van der Waals surface area (Å²) in [5.74, 6) is 0.738. The highest BCUT2D eigenvalue weighted by Gasteiger charge is 2.11. The first-order valence-corrected chi connectivity index (χ1v) is 9.58. The maximum Gasteiger partial charge on any atom is 0.324 e. The van der Waals surface area contributed by atoms with E-state index >= 15 is 0 Å². The zero-order chi connectivity index (χ0) is 22.0. The molecule has 0 saturated carbocycles. The molecule has 4 N–H and O–H groups in total. The standard InChI is InChI=1S/C22H20N8O/c1-13-5-3-4-6-17(13)19-7-15-8-20(25-11-18(15)21(24)28-19)29-22(31)27-16-10-26-30(12-16)14(2)9-23/h3-8,10-12,14H,1-2H3,(H2,24,28)(H2,25,27,29,31)/t14-/m0/s1. The Labute approximate surface area is 178 Å². The second-order valence-electron chi connectivity index (χ2n) is 7.09. The van der Waals surface area contributed by atoms with Crippen molar-refractivity contribution in [1.82, 2.24) is 19.7 Å². The number of amides is 2. The summed E-state index contributed by atoms with van der Waals surface area (Å²) in [7, 11) is 0. The Morgan fingerprint density at radius 2 is 2.03 bits per heavy atom. The molecular weight excluding hydrogens is 392 g/mol. The number of nitrogens with one attached hydrogen (secondary N) is 2. The van der Waals surface area contributed by atoms with Gasteiger partial charge >= 0.3 is 6.03 Å². The summed E-state index contributed by atoms with van der Waals surface area (Å²) in [6.07, 6.45) is 4.64. The van der Waals surface area contributed by atoms with Gasteiger partial charge in [-0.2, -0.15) is 10.4 Å². The highest BCUT2D eigenvalue weighted by molar-refractivity contribution is 6.01. The van der Waals surface area contributed by atoms with Gasteiger partial charge in [0.15, 0.2) is 0 Å². The van der Waals surface area contributed by atoms with Crippen molar-refractivity contribution < 1.29 is 4.79 Å². The fraction of sp³-hybridized carbons (Fsp3) is 0.136. The number of anilines is 3. The van der Waals surface area contributed by atoms with Crippen LogP contribution in [0.4, 0.5) is 22.1 Å². The molecule has 4 rings (SSSR count). The number of fused-ring (bicyclic) bond motifs is 1. The number of aryl methyl sites for hydroxylation is 1. The minimum absolute atomic E-state index is 0.365. The van der Waals surface area contributed by atoms with Gasteiger partial charge < -0.3 is 11.1 Å². The molecule has 154 valence electrons. The Morgan fingerprint density at radius 1 is 1.23 bits per heavy atom. The third-order valence-electron chi connectivity index (χ3n) is 4.85. The number of carbonyl (C=O) groups excluding carboxylic acids is 1. The van der Waals surface area contributed by atoms with Crippen molar-refractivity contribution in [2.45, 2.75) is 19.9 Å². The second kappa shape index (κ2) is 8.12. The number of nitrogens with zero attached hydrogens (tertiary/aromatic N) is 5. The highest BCUT2D eigenvalue weighted by Crippen LogP contribution is 2.29. The fourth-order valence-electron chi connectivity index (χ4n) is 3.19. The molecule has 0 aliphatic heterocycles. The highest BCUT2D eigenvalue weighted by atomic mass is 16.2. The Kier molecular flexibility index (Phi) is 5.20. The first-order valence-electron chi connectivity index (χ1n) is 9.58. The quantitative estimate of drug-likeness (QED) is 0.462. The van der Waals surface area contributed by atoms with Crippen molar-refractivity contribution in [3.8, 4) is 17.3 Å². The minimum Gasteiger partial charge on any atom is -0.383 e. The Hall–Kier alpha value is -4.45. The van der Waals surface area contributed by atoms with E-state index in [4.69, 9.17) is 11.0 Å². The van der Waals surface area contributed by atoms with Crippen LogP contribution in [0.25, 0.3) is 22.0 Å². The van der Waals surface area contributed by atoms with Gasteiger partial charge in [-0.3, -0.25) is 10.00 Å². The first-order chi connectivity index (χ1) is 14.9. The maximum atomic E-state index is 12.4. The van der Waals surface area contributed by atoms with Crippen LogP contribution in [0.15, 0.2) is 55.0 Å². The van der Waals surface area contributed by atoms with Gasteiger partial charge in [0.05, 0.1) is 29.8 Å². The first kappa shape index (κ1) is 19.8. The monoisotopic (exact) mass is 412 g/mol. The smallest absolute Gasteiger partial charge is 0.324 e. The van der Waals surface area contributed by atoms with Crippen molar-refractivity contribution in [2.75, 3.05) is 16.4 Å². The number of urea groups is 1. The molecule has 9 nitrogen and oxygen atoms in total. The van der Waals surface area contributed by atoms with Crippen LogP contribution in [0.5, 0.6) is 0 Å². The average molecular weight is 412 g/mol. The number of nitriles is 1. The van der Waals surface area contributed by atoms with Gasteiger partial charge in [-0.25, -0.2) is 14.8 Å². The summed E-state index contributed by atoms with van der Waals surface area (Å²) in [6, 6.07) is 12.8.